The predicted molar refractivity (Wildman–Crippen MR) is 135 cm³/mol. The fourth-order valence-electron chi connectivity index (χ4n) is 3.84. The van der Waals surface area contributed by atoms with E-state index in [1.165, 1.54) is 31.4 Å². The molecule has 188 valence electrons. The van der Waals surface area contributed by atoms with Crippen molar-refractivity contribution in [3.05, 3.63) is 114 Å². The smallest absolute Gasteiger partial charge is 0.504 e. The Morgan fingerprint density at radius 2 is 1.46 bits per heavy atom. The molecule has 8 heteroatoms. The minimum Gasteiger partial charge on any atom is -0.504 e. The number of nitrogens with zero attached hydrogens (tertiary/aromatic N) is 1. The van der Waals surface area contributed by atoms with Crippen molar-refractivity contribution in [2.75, 3.05) is 7.11 Å². The van der Waals surface area contributed by atoms with E-state index in [1.54, 1.807) is 47.4 Å². The van der Waals surface area contributed by atoms with Crippen LogP contribution in [0.1, 0.15) is 21.5 Å². The van der Waals surface area contributed by atoms with Crippen LogP contribution in [0.2, 0.25) is 0 Å². The van der Waals surface area contributed by atoms with Crippen molar-refractivity contribution in [3.63, 3.8) is 0 Å². The zero-order chi connectivity index (χ0) is 26.4. The van der Waals surface area contributed by atoms with Crippen LogP contribution in [0.5, 0.6) is 17.2 Å². The second-order valence-corrected chi connectivity index (χ2v) is 8.27. The summed E-state index contributed by atoms with van der Waals surface area (Å²) >= 11 is 0. The van der Waals surface area contributed by atoms with Crippen LogP contribution in [0.4, 0.5) is 9.18 Å². The van der Waals surface area contributed by atoms with Crippen LogP contribution in [0.3, 0.4) is 0 Å². The van der Waals surface area contributed by atoms with Gasteiger partial charge in [-0.15, -0.1) is 0 Å². The van der Waals surface area contributed by atoms with E-state index in [4.69, 9.17) is 9.84 Å². The first kappa shape index (κ1) is 25.2. The minimum atomic E-state index is -1.52. The molecular formula is C29H24FNO6. The van der Waals surface area contributed by atoms with Crippen LogP contribution >= 0.6 is 0 Å². The molecule has 0 fully saturated rings. The first-order valence-electron chi connectivity index (χ1n) is 11.3. The second kappa shape index (κ2) is 11.3. The first-order chi connectivity index (χ1) is 17.8. The van der Waals surface area contributed by atoms with Crippen molar-refractivity contribution in [2.45, 2.75) is 13.1 Å². The van der Waals surface area contributed by atoms with Crippen molar-refractivity contribution in [1.29, 1.82) is 0 Å². The number of carbonyl (C=O) groups is 2. The highest BCUT2D eigenvalue weighted by atomic mass is 19.1. The zero-order valence-electron chi connectivity index (χ0n) is 19.9. The Labute approximate surface area is 212 Å². The molecule has 0 heterocycles. The topological polar surface area (TPSA) is 96.3 Å². The molecule has 2 N–H and O–H groups in total. The Bertz CT molecular complexity index is 1400. The Balaban J connectivity index is 1.59. The molecule has 0 saturated carbocycles. The van der Waals surface area contributed by atoms with E-state index in [-0.39, 0.29) is 36.3 Å². The minimum absolute atomic E-state index is 0.163. The van der Waals surface area contributed by atoms with E-state index in [2.05, 4.69) is 4.74 Å². The normalized spacial score (nSPS) is 10.5. The Morgan fingerprint density at radius 1 is 0.838 bits per heavy atom. The molecule has 4 aromatic rings. The lowest BCUT2D eigenvalue weighted by atomic mass is 10.0. The summed E-state index contributed by atoms with van der Waals surface area (Å²) in [5.74, 6) is -0.437. The second-order valence-electron chi connectivity index (χ2n) is 8.27. The lowest BCUT2D eigenvalue weighted by Crippen LogP contribution is -2.30. The molecule has 7 nitrogen and oxygen atoms in total. The van der Waals surface area contributed by atoms with Crippen molar-refractivity contribution in [3.8, 4) is 28.4 Å². The number of rotatable bonds is 8. The van der Waals surface area contributed by atoms with Crippen LogP contribution < -0.4 is 9.47 Å². The van der Waals surface area contributed by atoms with Gasteiger partial charge in [0.15, 0.2) is 11.5 Å². The fourth-order valence-corrected chi connectivity index (χ4v) is 3.84. The van der Waals surface area contributed by atoms with Crippen LogP contribution in [0.25, 0.3) is 11.1 Å². The summed E-state index contributed by atoms with van der Waals surface area (Å²) in [5.41, 5.74) is 3.51. The first-order valence-corrected chi connectivity index (χ1v) is 11.3. The number of amides is 1. The van der Waals surface area contributed by atoms with Gasteiger partial charge < -0.3 is 24.6 Å². The van der Waals surface area contributed by atoms with Crippen LogP contribution in [0.15, 0.2) is 91.0 Å². The molecule has 1 amide bonds. The summed E-state index contributed by atoms with van der Waals surface area (Å²) < 4.78 is 23.3. The number of ether oxygens (including phenoxy) is 2. The van der Waals surface area contributed by atoms with E-state index in [1.807, 2.05) is 24.3 Å². The van der Waals surface area contributed by atoms with Gasteiger partial charge >= 0.3 is 6.16 Å². The number of carbonyl (C=O) groups excluding carboxylic acids is 1. The summed E-state index contributed by atoms with van der Waals surface area (Å²) in [4.78, 5) is 26.0. The average molecular weight is 502 g/mol. The highest BCUT2D eigenvalue weighted by Crippen LogP contribution is 2.32. The number of phenolic OH excluding ortho intramolecular Hbond substituents is 1. The van der Waals surface area contributed by atoms with Gasteiger partial charge in [0.05, 0.1) is 7.11 Å². The van der Waals surface area contributed by atoms with Crippen LogP contribution in [-0.2, 0) is 13.1 Å². The van der Waals surface area contributed by atoms with Crippen LogP contribution in [-0.4, -0.2) is 34.3 Å². The van der Waals surface area contributed by atoms with Crippen molar-refractivity contribution >= 4 is 12.1 Å². The molecule has 0 atom stereocenters. The van der Waals surface area contributed by atoms with Crippen LogP contribution in [0, 0.1) is 5.82 Å². The maximum absolute atomic E-state index is 13.4. The molecule has 0 aliphatic heterocycles. The number of aromatic hydroxyl groups is 1. The third kappa shape index (κ3) is 6.43. The summed E-state index contributed by atoms with van der Waals surface area (Å²) in [6, 6.07) is 24.7. The van der Waals surface area contributed by atoms with Gasteiger partial charge in [-0.05, 0) is 64.7 Å². The van der Waals surface area contributed by atoms with Gasteiger partial charge in [-0.25, -0.2) is 9.18 Å². The number of halogens is 1. The summed E-state index contributed by atoms with van der Waals surface area (Å²) in [7, 11) is 1.53. The molecule has 0 aliphatic rings. The molecule has 0 unspecified atom stereocenters. The Kier molecular flexibility index (Phi) is 7.68. The van der Waals surface area contributed by atoms with Gasteiger partial charge in [0.2, 0.25) is 0 Å². The molecule has 37 heavy (non-hydrogen) atoms. The van der Waals surface area contributed by atoms with Gasteiger partial charge in [0.1, 0.15) is 11.6 Å². The highest BCUT2D eigenvalue weighted by molar-refractivity contribution is 5.94. The monoisotopic (exact) mass is 501 g/mol. The van der Waals surface area contributed by atoms with Gasteiger partial charge in [-0.1, -0.05) is 48.5 Å². The Hall–Kier alpha value is -4.85. The standard InChI is InChI=1S/C29H24FNO6/c1-36-25-4-2-3-23(15-25)28(33)31(18-20-7-12-24(30)13-8-20)17-19-5-9-21(10-6-19)22-11-14-26(32)27(16-22)37-29(34)35/h2-16,32H,17-18H2,1H3,(H,34,35). The number of benzene rings is 4. The number of carboxylic acid groups (broad SMARTS) is 1. The van der Waals surface area contributed by atoms with Gasteiger partial charge in [-0.2, -0.15) is 0 Å². The molecule has 0 aromatic heterocycles. The largest absolute Gasteiger partial charge is 0.511 e. The van der Waals surface area contributed by atoms with Crippen molar-refractivity contribution < 1.29 is 33.7 Å². The molecular weight excluding hydrogens is 477 g/mol. The number of hydrogen-bond donors (Lipinski definition) is 2. The maximum atomic E-state index is 13.4. The molecule has 0 spiro atoms. The molecule has 4 aromatic carbocycles. The quantitative estimate of drug-likeness (QED) is 0.224. The van der Waals surface area contributed by atoms with Gasteiger partial charge in [0.25, 0.3) is 5.91 Å². The van der Waals surface area contributed by atoms with E-state index in [0.717, 1.165) is 16.7 Å². The summed E-state index contributed by atoms with van der Waals surface area (Å²) in [6.45, 7) is 0.558. The number of hydrogen-bond acceptors (Lipinski definition) is 5. The van der Waals surface area contributed by atoms with E-state index in [9.17, 15) is 19.1 Å². The van der Waals surface area contributed by atoms with Gasteiger partial charge in [0, 0.05) is 18.7 Å². The molecule has 4 rings (SSSR count). The summed E-state index contributed by atoms with van der Waals surface area (Å²) in [5, 5.41) is 18.7. The Morgan fingerprint density at radius 3 is 2.08 bits per heavy atom. The molecule has 0 aliphatic carbocycles. The molecule has 0 radical (unpaired) electrons. The molecule has 0 saturated heterocycles. The van der Waals surface area contributed by atoms with E-state index in [0.29, 0.717) is 16.9 Å². The van der Waals surface area contributed by atoms with E-state index < -0.39 is 6.16 Å². The summed E-state index contributed by atoms with van der Waals surface area (Å²) in [6.07, 6.45) is -1.52. The fraction of sp³-hybridized carbons (Fsp3) is 0.103. The SMILES string of the molecule is COc1cccc(C(=O)N(Cc2ccc(F)cc2)Cc2ccc(-c3ccc(O)c(OC(=O)O)c3)cc2)c1. The highest BCUT2D eigenvalue weighted by Gasteiger charge is 2.18. The third-order valence-corrected chi connectivity index (χ3v) is 5.71. The lowest BCUT2D eigenvalue weighted by molar-refractivity contribution is 0.0729. The lowest BCUT2D eigenvalue weighted by Gasteiger charge is -2.24. The molecule has 0 bridgehead atoms. The zero-order valence-corrected chi connectivity index (χ0v) is 19.9. The number of phenols is 1. The van der Waals surface area contributed by atoms with Crippen molar-refractivity contribution in [1.82, 2.24) is 4.90 Å². The number of methoxy groups -OCH3 is 1. The third-order valence-electron chi connectivity index (χ3n) is 5.71. The maximum Gasteiger partial charge on any atom is 0.511 e. The van der Waals surface area contributed by atoms with Crippen molar-refractivity contribution in [2.24, 2.45) is 0 Å². The average Bonchev–Trinajstić information content (AvgIpc) is 2.90. The van der Waals surface area contributed by atoms with E-state index >= 15 is 0 Å². The predicted octanol–water partition coefficient (Wildman–Crippen LogP) is 6.11. The van der Waals surface area contributed by atoms with Gasteiger partial charge in [-0.3, -0.25) is 4.79 Å².